The SMILES string of the molecule is O=C(NCC#CCOc1ccc2cccnc2c1)Nc1cccc(C(F)(F)F)c1. The summed E-state index contributed by atoms with van der Waals surface area (Å²) in [5.74, 6) is 6.07. The van der Waals surface area contributed by atoms with Crippen LogP contribution in [0.2, 0.25) is 0 Å². The number of alkyl halides is 3. The lowest BCUT2D eigenvalue weighted by Crippen LogP contribution is -2.29. The number of pyridine rings is 1. The van der Waals surface area contributed by atoms with Crippen molar-refractivity contribution in [3.05, 3.63) is 66.4 Å². The number of ether oxygens (including phenoxy) is 1. The van der Waals surface area contributed by atoms with Crippen LogP contribution in [0.3, 0.4) is 0 Å². The van der Waals surface area contributed by atoms with Gasteiger partial charge in [-0.25, -0.2) is 4.79 Å². The van der Waals surface area contributed by atoms with Gasteiger partial charge in [-0.1, -0.05) is 24.0 Å². The Hall–Kier alpha value is -3.73. The maximum Gasteiger partial charge on any atom is 0.416 e. The molecule has 0 saturated heterocycles. The minimum absolute atomic E-state index is 0.0213. The summed E-state index contributed by atoms with van der Waals surface area (Å²) in [6.45, 7) is 0.142. The molecule has 3 aromatic rings. The summed E-state index contributed by atoms with van der Waals surface area (Å²) in [5, 5.41) is 5.78. The van der Waals surface area contributed by atoms with Gasteiger partial charge in [0.2, 0.25) is 0 Å². The van der Waals surface area contributed by atoms with Gasteiger partial charge in [-0.05, 0) is 36.4 Å². The highest BCUT2D eigenvalue weighted by Crippen LogP contribution is 2.30. The van der Waals surface area contributed by atoms with Gasteiger partial charge >= 0.3 is 12.2 Å². The van der Waals surface area contributed by atoms with Crippen molar-refractivity contribution in [3.8, 4) is 17.6 Å². The molecule has 0 fully saturated rings. The molecule has 3 rings (SSSR count). The maximum absolute atomic E-state index is 12.7. The van der Waals surface area contributed by atoms with Crippen LogP contribution in [0.25, 0.3) is 10.9 Å². The number of benzene rings is 2. The van der Waals surface area contributed by atoms with E-state index < -0.39 is 17.8 Å². The van der Waals surface area contributed by atoms with Crippen molar-refractivity contribution < 1.29 is 22.7 Å². The second-order valence-corrected chi connectivity index (χ2v) is 5.89. The van der Waals surface area contributed by atoms with E-state index in [1.54, 1.807) is 12.3 Å². The third-order valence-corrected chi connectivity index (χ3v) is 3.80. The fourth-order valence-corrected chi connectivity index (χ4v) is 2.44. The lowest BCUT2D eigenvalue weighted by Gasteiger charge is -2.09. The van der Waals surface area contributed by atoms with Crippen molar-refractivity contribution in [3.63, 3.8) is 0 Å². The van der Waals surface area contributed by atoms with E-state index in [1.807, 2.05) is 24.3 Å². The van der Waals surface area contributed by atoms with Gasteiger partial charge in [0.1, 0.15) is 12.4 Å². The van der Waals surface area contributed by atoms with Gasteiger partial charge < -0.3 is 15.4 Å². The Morgan fingerprint density at radius 3 is 2.76 bits per heavy atom. The van der Waals surface area contributed by atoms with Crippen LogP contribution in [0, 0.1) is 11.8 Å². The van der Waals surface area contributed by atoms with Crippen molar-refractivity contribution in [2.24, 2.45) is 0 Å². The third-order valence-electron chi connectivity index (χ3n) is 3.80. The van der Waals surface area contributed by atoms with E-state index in [0.29, 0.717) is 5.75 Å². The number of carbonyl (C=O) groups is 1. The third kappa shape index (κ3) is 5.87. The van der Waals surface area contributed by atoms with Gasteiger partial charge in [-0.2, -0.15) is 13.2 Å². The van der Waals surface area contributed by atoms with E-state index in [4.69, 9.17) is 4.74 Å². The molecule has 5 nitrogen and oxygen atoms in total. The van der Waals surface area contributed by atoms with E-state index in [-0.39, 0.29) is 18.8 Å². The summed E-state index contributed by atoms with van der Waals surface area (Å²) >= 11 is 0. The normalized spacial score (nSPS) is 10.7. The Labute approximate surface area is 164 Å². The Kier molecular flexibility index (Phi) is 6.19. The summed E-state index contributed by atoms with van der Waals surface area (Å²) in [6.07, 6.45) is -2.78. The highest BCUT2D eigenvalue weighted by atomic mass is 19.4. The number of hydrogen-bond acceptors (Lipinski definition) is 3. The molecule has 2 N–H and O–H groups in total. The maximum atomic E-state index is 12.7. The number of rotatable bonds is 4. The van der Waals surface area contributed by atoms with Crippen molar-refractivity contribution in [2.75, 3.05) is 18.5 Å². The molecule has 2 amide bonds. The predicted octanol–water partition coefficient (Wildman–Crippen LogP) is 4.46. The fraction of sp³-hybridized carbons (Fsp3) is 0.143. The fourth-order valence-electron chi connectivity index (χ4n) is 2.44. The topological polar surface area (TPSA) is 63.2 Å². The molecule has 0 atom stereocenters. The number of amides is 2. The number of halogens is 3. The first-order valence-electron chi connectivity index (χ1n) is 8.57. The number of nitrogens with one attached hydrogen (secondary N) is 2. The molecule has 0 bridgehead atoms. The molecule has 0 radical (unpaired) electrons. The van der Waals surface area contributed by atoms with Crippen molar-refractivity contribution in [2.45, 2.75) is 6.18 Å². The average Bonchev–Trinajstić information content (AvgIpc) is 2.70. The van der Waals surface area contributed by atoms with Gasteiger partial charge in [-0.3, -0.25) is 4.98 Å². The van der Waals surface area contributed by atoms with Gasteiger partial charge in [0, 0.05) is 23.3 Å². The zero-order valence-electron chi connectivity index (χ0n) is 15.1. The molecular weight excluding hydrogens is 383 g/mol. The molecule has 0 aliphatic rings. The zero-order valence-corrected chi connectivity index (χ0v) is 15.1. The van der Waals surface area contributed by atoms with Crippen LogP contribution in [-0.4, -0.2) is 24.2 Å². The minimum atomic E-state index is -4.47. The summed E-state index contributed by atoms with van der Waals surface area (Å²) in [6, 6.07) is 13.0. The summed E-state index contributed by atoms with van der Waals surface area (Å²) in [4.78, 5) is 16.0. The highest BCUT2D eigenvalue weighted by Gasteiger charge is 2.30. The lowest BCUT2D eigenvalue weighted by molar-refractivity contribution is -0.137. The summed E-state index contributed by atoms with van der Waals surface area (Å²) in [5.41, 5.74) is 0.0144. The largest absolute Gasteiger partial charge is 0.481 e. The first-order chi connectivity index (χ1) is 13.9. The smallest absolute Gasteiger partial charge is 0.416 e. The summed E-state index contributed by atoms with van der Waals surface area (Å²) < 4.78 is 43.5. The molecule has 1 aromatic heterocycles. The van der Waals surface area contributed by atoms with E-state index in [1.165, 1.54) is 12.1 Å². The minimum Gasteiger partial charge on any atom is -0.481 e. The lowest BCUT2D eigenvalue weighted by atomic mass is 10.2. The van der Waals surface area contributed by atoms with Crippen LogP contribution in [0.1, 0.15) is 5.56 Å². The van der Waals surface area contributed by atoms with Gasteiger partial charge in [0.25, 0.3) is 0 Å². The van der Waals surface area contributed by atoms with E-state index in [2.05, 4.69) is 27.5 Å². The molecular formula is C21H16F3N3O2. The van der Waals surface area contributed by atoms with Crippen molar-refractivity contribution in [1.29, 1.82) is 0 Å². The van der Waals surface area contributed by atoms with Gasteiger partial charge in [-0.15, -0.1) is 0 Å². The van der Waals surface area contributed by atoms with Crippen LogP contribution in [-0.2, 0) is 6.18 Å². The Bertz CT molecular complexity index is 1070. The Morgan fingerprint density at radius 1 is 1.07 bits per heavy atom. The van der Waals surface area contributed by atoms with Crippen molar-refractivity contribution in [1.82, 2.24) is 10.3 Å². The number of carbonyl (C=O) groups excluding carboxylic acids is 1. The molecule has 0 saturated carbocycles. The molecule has 0 spiro atoms. The molecule has 0 aliphatic heterocycles. The second-order valence-electron chi connectivity index (χ2n) is 5.89. The van der Waals surface area contributed by atoms with E-state index in [9.17, 15) is 18.0 Å². The first-order valence-corrected chi connectivity index (χ1v) is 8.57. The number of anilines is 1. The highest BCUT2D eigenvalue weighted by molar-refractivity contribution is 5.89. The molecule has 148 valence electrons. The number of fused-ring (bicyclic) bond motifs is 1. The van der Waals surface area contributed by atoms with Crippen LogP contribution in [0.15, 0.2) is 60.8 Å². The van der Waals surface area contributed by atoms with Crippen molar-refractivity contribution >= 4 is 22.6 Å². The number of aromatic nitrogens is 1. The average molecular weight is 399 g/mol. The molecule has 1 heterocycles. The van der Waals surface area contributed by atoms with Gasteiger partial charge in [0.05, 0.1) is 17.6 Å². The molecule has 0 aliphatic carbocycles. The number of hydrogen-bond donors (Lipinski definition) is 2. The van der Waals surface area contributed by atoms with Crippen LogP contribution >= 0.6 is 0 Å². The molecule has 2 aromatic carbocycles. The number of urea groups is 1. The van der Waals surface area contributed by atoms with Crippen LogP contribution in [0.4, 0.5) is 23.7 Å². The quantitative estimate of drug-likeness (QED) is 0.637. The summed E-state index contributed by atoms with van der Waals surface area (Å²) in [7, 11) is 0. The molecule has 29 heavy (non-hydrogen) atoms. The van der Waals surface area contributed by atoms with E-state index in [0.717, 1.165) is 23.0 Å². The Balaban J connectivity index is 1.43. The van der Waals surface area contributed by atoms with Crippen LogP contribution < -0.4 is 15.4 Å². The Morgan fingerprint density at radius 2 is 1.93 bits per heavy atom. The molecule has 8 heteroatoms. The molecule has 0 unspecified atom stereocenters. The monoisotopic (exact) mass is 399 g/mol. The number of nitrogens with zero attached hydrogens (tertiary/aromatic N) is 1. The van der Waals surface area contributed by atoms with Gasteiger partial charge in [0.15, 0.2) is 0 Å². The predicted molar refractivity (Wildman–Crippen MR) is 103 cm³/mol. The first kappa shape index (κ1) is 20.0. The van der Waals surface area contributed by atoms with E-state index >= 15 is 0 Å². The van der Waals surface area contributed by atoms with Crippen LogP contribution in [0.5, 0.6) is 5.75 Å². The zero-order chi connectivity index (χ0) is 20.7. The second kappa shape index (κ2) is 8.97. The standard InChI is InChI=1S/C21H16F3N3O2/c22-21(23,24)16-6-3-7-17(13-16)27-20(28)26-10-1-2-12-29-18-9-8-15-5-4-11-25-19(15)14-18/h3-9,11,13-14H,10,12H2,(H2,26,27,28).